The lowest BCUT2D eigenvalue weighted by molar-refractivity contribution is 0.317. The predicted molar refractivity (Wildman–Crippen MR) is 109 cm³/mol. The lowest BCUT2D eigenvalue weighted by atomic mass is 9.99. The Hall–Kier alpha value is -2.43. The minimum Gasteiger partial charge on any atom is -0.496 e. The highest BCUT2D eigenvalue weighted by molar-refractivity contribution is 7.89. The van der Waals surface area contributed by atoms with Gasteiger partial charge in [-0.15, -0.1) is 10.2 Å². The number of sulfonamides is 1. The molecule has 3 aromatic rings. The van der Waals surface area contributed by atoms with Crippen LogP contribution in [0.3, 0.4) is 0 Å². The van der Waals surface area contributed by atoms with Crippen molar-refractivity contribution >= 4 is 21.4 Å². The van der Waals surface area contributed by atoms with Gasteiger partial charge in [0.1, 0.15) is 27.3 Å². The molecule has 0 saturated carbocycles. The third-order valence-electron chi connectivity index (χ3n) is 5.09. The van der Waals surface area contributed by atoms with E-state index in [1.165, 1.54) is 15.6 Å². The molecular weight excluding hydrogens is 432 g/mol. The molecule has 1 saturated heterocycles. The van der Waals surface area contributed by atoms with Crippen LogP contribution in [0.5, 0.6) is 5.75 Å². The first-order valence-corrected chi connectivity index (χ1v) is 11.6. The number of methoxy groups -OCH3 is 1. The summed E-state index contributed by atoms with van der Waals surface area (Å²) < 4.78 is 59.2. The number of halogens is 2. The fourth-order valence-electron chi connectivity index (χ4n) is 3.50. The molecular formula is C20H19F2N3O3S2. The minimum absolute atomic E-state index is 0.0653. The van der Waals surface area contributed by atoms with Crippen LogP contribution in [-0.2, 0) is 10.0 Å². The lowest BCUT2D eigenvalue weighted by Crippen LogP contribution is -2.38. The van der Waals surface area contributed by atoms with E-state index in [9.17, 15) is 17.2 Å². The van der Waals surface area contributed by atoms with Crippen molar-refractivity contribution in [2.24, 2.45) is 0 Å². The average molecular weight is 452 g/mol. The van der Waals surface area contributed by atoms with E-state index in [1.54, 1.807) is 7.11 Å². The first-order chi connectivity index (χ1) is 14.4. The van der Waals surface area contributed by atoms with Gasteiger partial charge in [-0.25, -0.2) is 17.2 Å². The molecule has 0 bridgehead atoms. The Kier molecular flexibility index (Phi) is 5.81. The average Bonchev–Trinajstić information content (AvgIpc) is 3.23. The zero-order chi connectivity index (χ0) is 21.3. The van der Waals surface area contributed by atoms with Gasteiger partial charge in [-0.3, -0.25) is 0 Å². The van der Waals surface area contributed by atoms with Gasteiger partial charge in [-0.2, -0.15) is 4.31 Å². The maximum atomic E-state index is 14.0. The summed E-state index contributed by atoms with van der Waals surface area (Å²) in [5.41, 5.74) is 0.857. The molecule has 1 aromatic heterocycles. The van der Waals surface area contributed by atoms with Gasteiger partial charge >= 0.3 is 0 Å². The molecule has 0 radical (unpaired) electrons. The quantitative estimate of drug-likeness (QED) is 0.585. The lowest BCUT2D eigenvalue weighted by Gasteiger charge is -2.30. The third kappa shape index (κ3) is 3.94. The second kappa shape index (κ2) is 8.37. The van der Waals surface area contributed by atoms with Gasteiger partial charge in [-0.1, -0.05) is 23.5 Å². The van der Waals surface area contributed by atoms with Crippen molar-refractivity contribution in [3.8, 4) is 16.3 Å². The van der Waals surface area contributed by atoms with Gasteiger partial charge in [0, 0.05) is 25.1 Å². The van der Waals surface area contributed by atoms with E-state index in [0.717, 1.165) is 27.7 Å². The zero-order valence-corrected chi connectivity index (χ0v) is 17.7. The molecule has 0 unspecified atom stereocenters. The predicted octanol–water partition coefficient (Wildman–Crippen LogP) is 4.06. The van der Waals surface area contributed by atoms with Gasteiger partial charge in [-0.05, 0) is 37.1 Å². The number of ether oxygens (including phenoxy) is 1. The number of hydrogen-bond donors (Lipinski definition) is 0. The van der Waals surface area contributed by atoms with Gasteiger partial charge in [0.25, 0.3) is 0 Å². The molecule has 4 rings (SSSR count). The Bertz CT molecular complexity index is 1160. The van der Waals surface area contributed by atoms with Crippen molar-refractivity contribution in [1.82, 2.24) is 14.5 Å². The van der Waals surface area contributed by atoms with Crippen molar-refractivity contribution in [2.45, 2.75) is 23.7 Å². The number of para-hydroxylation sites is 1. The van der Waals surface area contributed by atoms with Gasteiger partial charge in [0.15, 0.2) is 5.01 Å². The van der Waals surface area contributed by atoms with Crippen molar-refractivity contribution in [1.29, 1.82) is 0 Å². The summed E-state index contributed by atoms with van der Waals surface area (Å²) in [5.74, 6) is -1.12. The maximum absolute atomic E-state index is 14.0. The molecule has 30 heavy (non-hydrogen) atoms. The van der Waals surface area contributed by atoms with Gasteiger partial charge < -0.3 is 4.74 Å². The minimum atomic E-state index is -4.02. The number of rotatable bonds is 5. The van der Waals surface area contributed by atoms with E-state index in [-0.39, 0.29) is 19.0 Å². The number of benzene rings is 2. The fraction of sp³-hybridized carbons (Fsp3) is 0.300. The highest BCUT2D eigenvalue weighted by atomic mass is 32.2. The Labute approximate surface area is 177 Å². The summed E-state index contributed by atoms with van der Waals surface area (Å²) in [6, 6.07) is 10.0. The van der Waals surface area contributed by atoms with Crippen molar-refractivity contribution in [2.75, 3.05) is 20.2 Å². The van der Waals surface area contributed by atoms with E-state index < -0.39 is 26.6 Å². The van der Waals surface area contributed by atoms with E-state index in [1.807, 2.05) is 24.3 Å². The van der Waals surface area contributed by atoms with Gasteiger partial charge in [0.05, 0.1) is 12.7 Å². The Morgan fingerprint density at radius 1 is 1.10 bits per heavy atom. The maximum Gasteiger partial charge on any atom is 0.245 e. The first kappa shape index (κ1) is 20.8. The summed E-state index contributed by atoms with van der Waals surface area (Å²) in [4.78, 5) is -0.503. The molecule has 0 aliphatic carbocycles. The van der Waals surface area contributed by atoms with Crippen LogP contribution in [0, 0.1) is 11.6 Å². The Morgan fingerprint density at radius 3 is 2.53 bits per heavy atom. The molecule has 2 aromatic carbocycles. The van der Waals surface area contributed by atoms with E-state index in [4.69, 9.17) is 4.74 Å². The van der Waals surface area contributed by atoms with E-state index >= 15 is 0 Å². The van der Waals surface area contributed by atoms with Crippen molar-refractivity contribution in [3.05, 3.63) is 59.1 Å². The van der Waals surface area contributed by atoms with Crippen LogP contribution in [0.15, 0.2) is 47.4 Å². The summed E-state index contributed by atoms with van der Waals surface area (Å²) in [6.45, 7) is 0.459. The molecule has 0 atom stereocenters. The molecule has 1 aliphatic rings. The SMILES string of the molecule is COc1ccccc1-c1nnc(C2CCN(S(=O)(=O)c3ccc(F)cc3F)CC2)s1. The summed E-state index contributed by atoms with van der Waals surface area (Å²) in [5, 5.41) is 10.2. The topological polar surface area (TPSA) is 72.4 Å². The second-order valence-corrected chi connectivity index (χ2v) is 9.81. The fourth-order valence-corrected chi connectivity index (χ4v) is 6.05. The van der Waals surface area contributed by atoms with Crippen molar-refractivity contribution < 1.29 is 21.9 Å². The highest BCUT2D eigenvalue weighted by Crippen LogP contribution is 2.37. The van der Waals surface area contributed by atoms with Crippen LogP contribution >= 0.6 is 11.3 Å². The van der Waals surface area contributed by atoms with Crippen molar-refractivity contribution in [3.63, 3.8) is 0 Å². The monoisotopic (exact) mass is 451 g/mol. The number of hydrogen-bond acceptors (Lipinski definition) is 6. The van der Waals surface area contributed by atoms with Crippen LogP contribution in [-0.4, -0.2) is 43.1 Å². The number of aromatic nitrogens is 2. The number of nitrogens with zero attached hydrogens (tertiary/aromatic N) is 3. The molecule has 0 amide bonds. The zero-order valence-electron chi connectivity index (χ0n) is 16.1. The standard InChI is InChI=1S/C20H19F2N3O3S2/c1-28-17-5-3-2-4-15(17)20-24-23-19(29-20)13-8-10-25(11-9-13)30(26,27)18-7-6-14(21)12-16(18)22/h2-7,12-13H,8-11H2,1H3. The Balaban J connectivity index is 1.48. The van der Waals surface area contributed by atoms with E-state index in [0.29, 0.717) is 24.7 Å². The molecule has 1 aliphatic heterocycles. The summed E-state index contributed by atoms with van der Waals surface area (Å²) in [6.07, 6.45) is 1.09. The van der Waals surface area contributed by atoms with Crippen LogP contribution < -0.4 is 4.74 Å². The molecule has 2 heterocycles. The molecule has 0 spiro atoms. The number of piperidine rings is 1. The molecule has 1 fully saturated rings. The first-order valence-electron chi connectivity index (χ1n) is 9.32. The molecule has 158 valence electrons. The third-order valence-corrected chi connectivity index (χ3v) is 8.14. The van der Waals surface area contributed by atoms with Gasteiger partial charge in [0.2, 0.25) is 10.0 Å². The highest BCUT2D eigenvalue weighted by Gasteiger charge is 2.33. The van der Waals surface area contributed by atoms with Crippen LogP contribution in [0.4, 0.5) is 8.78 Å². The largest absolute Gasteiger partial charge is 0.496 e. The smallest absolute Gasteiger partial charge is 0.245 e. The molecule has 0 N–H and O–H groups in total. The second-order valence-electron chi connectivity index (χ2n) is 6.90. The van der Waals surface area contributed by atoms with E-state index in [2.05, 4.69) is 10.2 Å². The Morgan fingerprint density at radius 2 is 1.83 bits per heavy atom. The summed E-state index contributed by atoms with van der Waals surface area (Å²) in [7, 11) is -2.42. The van der Waals surface area contributed by atoms with Crippen LogP contribution in [0.25, 0.3) is 10.6 Å². The van der Waals surface area contributed by atoms with Crippen LogP contribution in [0.2, 0.25) is 0 Å². The molecule has 10 heteroatoms. The molecule has 6 nitrogen and oxygen atoms in total. The normalized spacial score (nSPS) is 16.0. The van der Waals surface area contributed by atoms with Crippen LogP contribution in [0.1, 0.15) is 23.8 Å². The summed E-state index contributed by atoms with van der Waals surface area (Å²) >= 11 is 1.46.